The summed E-state index contributed by atoms with van der Waals surface area (Å²) in [5, 5.41) is 9.15. The van der Waals surface area contributed by atoms with Crippen molar-refractivity contribution in [3.8, 4) is 11.3 Å². The molecular weight excluding hydrogens is 509 g/mol. The highest BCUT2D eigenvalue weighted by atomic mass is 19.4. The van der Waals surface area contributed by atoms with Gasteiger partial charge < -0.3 is 20.9 Å². The number of carbonyl (C=O) groups excluding carboxylic acids is 1. The van der Waals surface area contributed by atoms with Gasteiger partial charge in [-0.05, 0) is 48.9 Å². The second-order valence-electron chi connectivity index (χ2n) is 9.42. The first-order valence-electron chi connectivity index (χ1n) is 12.3. The molecule has 0 spiro atoms. The highest BCUT2D eigenvalue weighted by Crippen LogP contribution is 2.33. The van der Waals surface area contributed by atoms with Gasteiger partial charge in [0.25, 0.3) is 5.91 Å². The summed E-state index contributed by atoms with van der Waals surface area (Å²) in [7, 11) is 0. The number of anilines is 4. The zero-order valence-electron chi connectivity index (χ0n) is 20.5. The average molecular weight is 533 g/mol. The summed E-state index contributed by atoms with van der Waals surface area (Å²) in [5.74, 6) is 0.611. The molecular formula is C27H23F3N8O. The van der Waals surface area contributed by atoms with Crippen molar-refractivity contribution in [3.05, 3.63) is 84.4 Å². The lowest BCUT2D eigenvalue weighted by atomic mass is 10.1. The zero-order valence-corrected chi connectivity index (χ0v) is 20.5. The molecule has 4 aromatic heterocycles. The maximum Gasteiger partial charge on any atom is 0.416 e. The van der Waals surface area contributed by atoms with E-state index in [0.717, 1.165) is 49.2 Å². The molecule has 2 fully saturated rings. The lowest BCUT2D eigenvalue weighted by Crippen LogP contribution is -2.43. The molecule has 2 bridgehead atoms. The van der Waals surface area contributed by atoms with Crippen LogP contribution >= 0.6 is 0 Å². The average Bonchev–Trinajstić information content (AvgIpc) is 3.57. The number of hydrogen-bond acceptors (Lipinski definition) is 8. The molecule has 6 heterocycles. The highest BCUT2D eigenvalue weighted by molar-refractivity contribution is 6.04. The molecule has 0 radical (unpaired) electrons. The lowest BCUT2D eigenvalue weighted by molar-refractivity contribution is -0.137. The molecule has 1 amide bonds. The number of nitrogens with one attached hydrogen (secondary N) is 3. The normalized spacial score (nSPS) is 18.3. The minimum Gasteiger partial charge on any atom is -0.351 e. The van der Waals surface area contributed by atoms with Gasteiger partial charge in [-0.2, -0.15) is 13.2 Å². The number of alkyl halides is 3. The Morgan fingerprint density at radius 2 is 1.90 bits per heavy atom. The number of aromatic nitrogens is 4. The Morgan fingerprint density at radius 1 is 1.03 bits per heavy atom. The van der Waals surface area contributed by atoms with E-state index in [2.05, 4.69) is 40.8 Å². The van der Waals surface area contributed by atoms with E-state index in [4.69, 9.17) is 0 Å². The molecule has 2 aliphatic rings. The third kappa shape index (κ3) is 5.36. The first-order chi connectivity index (χ1) is 18.8. The number of rotatable bonds is 6. The minimum atomic E-state index is -4.52. The van der Waals surface area contributed by atoms with E-state index in [-0.39, 0.29) is 17.5 Å². The van der Waals surface area contributed by atoms with Crippen LogP contribution in [0.2, 0.25) is 0 Å². The summed E-state index contributed by atoms with van der Waals surface area (Å²) in [6.07, 6.45) is 2.33. The third-order valence-corrected chi connectivity index (χ3v) is 6.74. The van der Waals surface area contributed by atoms with Crippen LogP contribution in [0, 0.1) is 0 Å². The number of hydrogen-bond donors (Lipinski definition) is 3. The molecule has 2 saturated heterocycles. The summed E-state index contributed by atoms with van der Waals surface area (Å²) < 4.78 is 39.7. The van der Waals surface area contributed by atoms with Crippen LogP contribution in [0.3, 0.4) is 0 Å². The van der Waals surface area contributed by atoms with Gasteiger partial charge in [-0.3, -0.25) is 9.78 Å². The predicted octanol–water partition coefficient (Wildman–Crippen LogP) is 4.50. The van der Waals surface area contributed by atoms with Crippen molar-refractivity contribution in [2.45, 2.75) is 24.7 Å². The van der Waals surface area contributed by atoms with E-state index in [0.29, 0.717) is 29.0 Å². The first kappa shape index (κ1) is 24.7. The van der Waals surface area contributed by atoms with E-state index < -0.39 is 11.7 Å². The van der Waals surface area contributed by atoms with Gasteiger partial charge in [0.05, 0.1) is 16.8 Å². The van der Waals surface area contributed by atoms with Gasteiger partial charge in [0.1, 0.15) is 17.5 Å². The van der Waals surface area contributed by atoms with E-state index in [1.807, 2.05) is 6.07 Å². The number of nitrogens with zero attached hydrogens (tertiary/aromatic N) is 5. The fourth-order valence-electron chi connectivity index (χ4n) is 4.90. The monoisotopic (exact) mass is 532 g/mol. The van der Waals surface area contributed by atoms with Crippen molar-refractivity contribution in [3.63, 3.8) is 0 Å². The van der Waals surface area contributed by atoms with Crippen molar-refractivity contribution in [1.82, 2.24) is 25.3 Å². The third-order valence-electron chi connectivity index (χ3n) is 6.74. The van der Waals surface area contributed by atoms with Gasteiger partial charge in [0, 0.05) is 67.3 Å². The van der Waals surface area contributed by atoms with Crippen LogP contribution < -0.4 is 20.9 Å². The summed E-state index contributed by atoms with van der Waals surface area (Å²) in [6, 6.07) is 12.9. The molecule has 39 heavy (non-hydrogen) atoms. The van der Waals surface area contributed by atoms with E-state index in [1.54, 1.807) is 36.7 Å². The molecule has 9 nitrogen and oxygen atoms in total. The largest absolute Gasteiger partial charge is 0.416 e. The molecule has 6 rings (SSSR count). The molecule has 2 aliphatic heterocycles. The molecule has 3 N–H and O–H groups in total. The highest BCUT2D eigenvalue weighted by Gasteiger charge is 2.38. The molecule has 198 valence electrons. The standard InChI is InChI=1S/C27H23F3N8O/c28-27(29,30)18-4-7-32-23(9-18)37-24-12-19(35-26(39)17-2-1-5-31-13-17)11-22(36-24)16-3-6-33-25(8-16)38-15-20-10-21(38)14-34-20/h1-9,11-13,20-21,34H,10,14-15H2,(H2,32,35,36,37,39)/t20-,21-/m0/s1. The van der Waals surface area contributed by atoms with Crippen molar-refractivity contribution in [2.24, 2.45) is 0 Å². The number of carbonyl (C=O) groups is 1. The second kappa shape index (κ2) is 9.95. The van der Waals surface area contributed by atoms with Crippen LogP contribution in [-0.4, -0.2) is 51.0 Å². The summed E-state index contributed by atoms with van der Waals surface area (Å²) in [5.41, 5.74) is 1.15. The van der Waals surface area contributed by atoms with Crippen molar-refractivity contribution in [1.29, 1.82) is 0 Å². The smallest absolute Gasteiger partial charge is 0.351 e. The Hall–Kier alpha value is -4.58. The summed E-state index contributed by atoms with van der Waals surface area (Å²) in [6.45, 7) is 1.77. The van der Waals surface area contributed by atoms with Crippen molar-refractivity contribution in [2.75, 3.05) is 28.6 Å². The van der Waals surface area contributed by atoms with Crippen LogP contribution in [0.5, 0.6) is 0 Å². The van der Waals surface area contributed by atoms with Crippen LogP contribution in [0.1, 0.15) is 22.3 Å². The van der Waals surface area contributed by atoms with Gasteiger partial charge in [0.2, 0.25) is 0 Å². The molecule has 12 heteroatoms. The number of amides is 1. The van der Waals surface area contributed by atoms with Gasteiger partial charge in [-0.25, -0.2) is 15.0 Å². The predicted molar refractivity (Wildman–Crippen MR) is 140 cm³/mol. The maximum atomic E-state index is 13.2. The molecule has 2 atom stereocenters. The van der Waals surface area contributed by atoms with Gasteiger partial charge >= 0.3 is 6.18 Å². The van der Waals surface area contributed by atoms with E-state index >= 15 is 0 Å². The molecule has 0 aromatic carbocycles. The van der Waals surface area contributed by atoms with Crippen LogP contribution in [0.4, 0.5) is 36.3 Å². The van der Waals surface area contributed by atoms with Gasteiger partial charge in [-0.15, -0.1) is 0 Å². The zero-order chi connectivity index (χ0) is 27.0. The fraction of sp³-hybridized carbons (Fsp3) is 0.222. The topological polar surface area (TPSA) is 108 Å². The number of halogens is 3. The molecule has 0 saturated carbocycles. The van der Waals surface area contributed by atoms with Crippen LogP contribution in [0.15, 0.2) is 73.3 Å². The SMILES string of the molecule is O=C(Nc1cc(Nc2cc(C(F)(F)F)ccn2)nc(-c2ccnc(N3C[C@@H]4C[C@H]3CN4)c2)c1)c1cccnc1. The van der Waals surface area contributed by atoms with Gasteiger partial charge in [0.15, 0.2) is 0 Å². The Morgan fingerprint density at radius 3 is 2.64 bits per heavy atom. The Balaban J connectivity index is 1.35. The molecule has 0 aliphatic carbocycles. The van der Waals surface area contributed by atoms with Crippen molar-refractivity contribution < 1.29 is 18.0 Å². The Labute approximate surface area is 221 Å². The van der Waals surface area contributed by atoms with E-state index in [9.17, 15) is 18.0 Å². The summed E-state index contributed by atoms with van der Waals surface area (Å²) >= 11 is 0. The number of pyridine rings is 4. The van der Waals surface area contributed by atoms with Gasteiger partial charge in [-0.1, -0.05) is 0 Å². The molecule has 4 aromatic rings. The minimum absolute atomic E-state index is 0.0324. The van der Waals surface area contributed by atoms with E-state index in [1.165, 1.54) is 12.3 Å². The number of piperazine rings is 1. The Bertz CT molecular complexity index is 1510. The van der Waals surface area contributed by atoms with Crippen LogP contribution in [0.25, 0.3) is 11.3 Å². The first-order valence-corrected chi connectivity index (χ1v) is 12.3. The van der Waals surface area contributed by atoms with Crippen molar-refractivity contribution >= 4 is 29.0 Å². The lowest BCUT2D eigenvalue weighted by Gasteiger charge is -2.28. The Kier molecular flexibility index (Phi) is 6.31. The maximum absolute atomic E-state index is 13.2. The summed E-state index contributed by atoms with van der Waals surface area (Å²) in [4.78, 5) is 32.3. The quantitative estimate of drug-likeness (QED) is 0.333. The number of fused-ring (bicyclic) bond motifs is 2. The van der Waals surface area contributed by atoms with Crippen LogP contribution in [-0.2, 0) is 6.18 Å². The molecule has 0 unspecified atom stereocenters. The fourth-order valence-corrected chi connectivity index (χ4v) is 4.90. The second-order valence-corrected chi connectivity index (χ2v) is 9.42.